The van der Waals surface area contributed by atoms with Gasteiger partial charge in [0.2, 0.25) is 0 Å². The van der Waals surface area contributed by atoms with Crippen molar-refractivity contribution in [1.82, 2.24) is 5.32 Å². The number of rotatable bonds is 29. The quantitative estimate of drug-likeness (QED) is 0.0429. The van der Waals surface area contributed by atoms with Crippen LogP contribution in [0.4, 0.5) is 4.79 Å². The van der Waals surface area contributed by atoms with Crippen LogP contribution in [-0.4, -0.2) is 99.0 Å². The van der Waals surface area contributed by atoms with Crippen LogP contribution < -0.4 is 5.32 Å². The van der Waals surface area contributed by atoms with E-state index in [1.165, 1.54) is 0 Å². The van der Waals surface area contributed by atoms with Crippen molar-refractivity contribution >= 4 is 6.09 Å². The molecule has 2 fully saturated rings. The molecule has 9 rings (SSSR count). The van der Waals surface area contributed by atoms with E-state index in [9.17, 15) is 9.90 Å². The molecule has 2 N–H and O–H groups in total. The lowest BCUT2D eigenvalue weighted by Gasteiger charge is -2.49. The summed E-state index contributed by atoms with van der Waals surface area (Å²) in [5.74, 6) is 0. The van der Waals surface area contributed by atoms with Crippen molar-refractivity contribution in [2.45, 2.75) is 114 Å². The van der Waals surface area contributed by atoms with Gasteiger partial charge in [0.1, 0.15) is 55.4 Å². The SMILES string of the molecule is O=C(NCCCO[C@H]1O[C@H](COCc2ccccc2)[C@@H](OCc2ccccc2)[C@H](OCc2ccccc2)[C@@H]1O[C@H]1O[C@H](COCc2ccccc2)[C@@H](OCc2ccccc2)[C@H](OCc2ccccc2)[C@@H]1O)OCc1ccccc1. The van der Waals surface area contributed by atoms with E-state index < -0.39 is 67.5 Å². The summed E-state index contributed by atoms with van der Waals surface area (Å²) in [5.41, 5.74) is 6.52. The summed E-state index contributed by atoms with van der Waals surface area (Å²) in [7, 11) is 0. The van der Waals surface area contributed by atoms with Gasteiger partial charge in [0.25, 0.3) is 0 Å². The molecule has 7 aromatic carbocycles. The van der Waals surface area contributed by atoms with Crippen LogP contribution in [0.3, 0.4) is 0 Å². The number of aliphatic hydroxyl groups is 1. The first-order valence-electron chi connectivity index (χ1n) is 27.1. The van der Waals surface area contributed by atoms with E-state index >= 15 is 0 Å². The smallest absolute Gasteiger partial charge is 0.407 e. The molecule has 0 saturated carbocycles. The molecule has 1 amide bonds. The van der Waals surface area contributed by atoms with Crippen molar-refractivity contribution in [3.63, 3.8) is 0 Å². The second-order valence-electron chi connectivity index (χ2n) is 19.4. The molecular formula is C65H71NO13. The molecule has 2 saturated heterocycles. The van der Waals surface area contributed by atoms with Crippen LogP contribution in [0.25, 0.3) is 0 Å². The number of benzene rings is 7. The minimum absolute atomic E-state index is 0.0611. The molecule has 0 bridgehead atoms. The van der Waals surface area contributed by atoms with E-state index in [0.29, 0.717) is 19.6 Å². The molecule has 414 valence electrons. The first-order chi connectivity index (χ1) is 39.0. The lowest BCUT2D eigenvalue weighted by molar-refractivity contribution is -0.379. The highest BCUT2D eigenvalue weighted by atomic mass is 16.8. The van der Waals surface area contributed by atoms with E-state index in [1.54, 1.807) is 0 Å². The molecule has 79 heavy (non-hydrogen) atoms. The van der Waals surface area contributed by atoms with Crippen LogP contribution in [0, 0.1) is 0 Å². The third-order valence-electron chi connectivity index (χ3n) is 13.5. The Morgan fingerprint density at radius 3 is 1.15 bits per heavy atom. The predicted molar refractivity (Wildman–Crippen MR) is 296 cm³/mol. The molecule has 0 radical (unpaired) electrons. The molecule has 0 spiro atoms. The third-order valence-corrected chi connectivity index (χ3v) is 13.5. The van der Waals surface area contributed by atoms with E-state index in [1.807, 2.05) is 212 Å². The summed E-state index contributed by atoms with van der Waals surface area (Å²) >= 11 is 0. The monoisotopic (exact) mass is 1070 g/mol. The summed E-state index contributed by atoms with van der Waals surface area (Å²) in [5, 5.41) is 15.6. The molecule has 0 unspecified atom stereocenters. The van der Waals surface area contributed by atoms with E-state index in [2.05, 4.69) is 5.32 Å². The Morgan fingerprint density at radius 2 is 0.734 bits per heavy atom. The number of hydrogen-bond donors (Lipinski definition) is 2. The van der Waals surface area contributed by atoms with Gasteiger partial charge in [-0.1, -0.05) is 212 Å². The topological polar surface area (TPSA) is 151 Å². The molecule has 2 heterocycles. The molecule has 14 nitrogen and oxygen atoms in total. The zero-order valence-corrected chi connectivity index (χ0v) is 44.3. The van der Waals surface area contributed by atoms with Crippen molar-refractivity contribution in [3.8, 4) is 0 Å². The molecule has 10 atom stereocenters. The number of ether oxygens (including phenoxy) is 11. The minimum Gasteiger partial charge on any atom is -0.445 e. The Morgan fingerprint density at radius 1 is 0.392 bits per heavy atom. The van der Waals surface area contributed by atoms with Gasteiger partial charge in [-0.05, 0) is 45.4 Å². The minimum atomic E-state index is -1.42. The van der Waals surface area contributed by atoms with Crippen LogP contribution in [0.1, 0.15) is 45.4 Å². The average Bonchev–Trinajstić information content (AvgIpc) is 3.56. The van der Waals surface area contributed by atoms with E-state index in [4.69, 9.17) is 52.1 Å². The van der Waals surface area contributed by atoms with Crippen LogP contribution in [-0.2, 0) is 98.4 Å². The maximum atomic E-state index is 12.8. The summed E-state index contributed by atoms with van der Waals surface area (Å²) in [4.78, 5) is 12.8. The molecule has 0 aliphatic carbocycles. The highest BCUT2D eigenvalue weighted by Gasteiger charge is 2.54. The summed E-state index contributed by atoms with van der Waals surface area (Å²) in [6, 6.07) is 68.5. The fraction of sp³-hybridized carbons (Fsp3) is 0.338. The van der Waals surface area contributed by atoms with Crippen LogP contribution in [0.2, 0.25) is 0 Å². The maximum Gasteiger partial charge on any atom is 0.407 e. The lowest BCUT2D eigenvalue weighted by atomic mass is 9.96. The van der Waals surface area contributed by atoms with Gasteiger partial charge in [-0.25, -0.2) is 4.79 Å². The van der Waals surface area contributed by atoms with Crippen LogP contribution >= 0.6 is 0 Å². The highest BCUT2D eigenvalue weighted by Crippen LogP contribution is 2.36. The molecule has 14 heteroatoms. The second-order valence-corrected chi connectivity index (χ2v) is 19.4. The standard InChI is InChI=1S/C65H71NO13/c67-57-60(74-43-52-31-16-5-17-32-52)58(72-41-50-27-12-3-13-28-50)55(46-69-39-48-23-8-1-9-24-48)77-63(57)79-62-61(75-44-53-33-18-6-19-34-53)59(73-42-51-29-14-4-15-30-51)56(47-70-40-49-25-10-2-11-26-49)78-64(62)71-38-22-37-66-65(68)76-45-54-35-20-7-21-36-54/h1-21,23-36,55-64,67H,22,37-47H2,(H,66,68)/t55-,56-,57+,58-,59-,60-,61+,62+,63-,64+/m1/s1. The van der Waals surface area contributed by atoms with Gasteiger partial charge in [0.15, 0.2) is 12.6 Å². The van der Waals surface area contributed by atoms with Gasteiger partial charge < -0.3 is 62.5 Å². The zero-order chi connectivity index (χ0) is 54.1. The average molecular weight is 1070 g/mol. The number of hydrogen-bond acceptors (Lipinski definition) is 13. The maximum absolute atomic E-state index is 12.8. The van der Waals surface area contributed by atoms with Crippen LogP contribution in [0.15, 0.2) is 212 Å². The van der Waals surface area contributed by atoms with Crippen molar-refractivity contribution < 1.29 is 62.0 Å². The third kappa shape index (κ3) is 17.9. The number of carbonyl (C=O) groups excluding carboxylic acids is 1. The predicted octanol–water partition coefficient (Wildman–Crippen LogP) is 10.3. The largest absolute Gasteiger partial charge is 0.445 e. The van der Waals surface area contributed by atoms with Crippen molar-refractivity contribution in [1.29, 1.82) is 0 Å². The fourth-order valence-electron chi connectivity index (χ4n) is 9.41. The number of alkyl carbamates (subject to hydrolysis) is 1. The van der Waals surface area contributed by atoms with Crippen LogP contribution in [0.5, 0.6) is 0 Å². The normalized spacial score (nSPS) is 22.9. The Balaban J connectivity index is 1.03. The van der Waals surface area contributed by atoms with Crippen molar-refractivity contribution in [3.05, 3.63) is 251 Å². The first kappa shape index (κ1) is 57.1. The Kier molecular flexibility index (Phi) is 22.6. The molecule has 7 aromatic rings. The van der Waals surface area contributed by atoms with Crippen molar-refractivity contribution in [2.75, 3.05) is 26.4 Å². The Hall–Kier alpha value is -6.63. The summed E-state index contributed by atoms with van der Waals surface area (Å²) in [6.07, 6.45) is -10.3. The first-order valence-corrected chi connectivity index (χ1v) is 27.1. The Bertz CT molecular complexity index is 2750. The Labute approximate surface area is 463 Å². The highest BCUT2D eigenvalue weighted by molar-refractivity contribution is 5.67. The fourth-order valence-corrected chi connectivity index (χ4v) is 9.41. The zero-order valence-electron chi connectivity index (χ0n) is 44.3. The van der Waals surface area contributed by atoms with Gasteiger partial charge in [0.05, 0.1) is 59.5 Å². The van der Waals surface area contributed by atoms with E-state index in [0.717, 1.165) is 38.9 Å². The lowest BCUT2D eigenvalue weighted by Crippen LogP contribution is -2.66. The van der Waals surface area contributed by atoms with Gasteiger partial charge in [-0.15, -0.1) is 0 Å². The number of nitrogens with one attached hydrogen (secondary N) is 1. The number of amides is 1. The molecule has 2 aliphatic rings. The number of aliphatic hydroxyl groups excluding tert-OH is 1. The van der Waals surface area contributed by atoms with Crippen molar-refractivity contribution in [2.24, 2.45) is 0 Å². The molecular weight excluding hydrogens is 1000 g/mol. The van der Waals surface area contributed by atoms with Gasteiger partial charge >= 0.3 is 6.09 Å². The van der Waals surface area contributed by atoms with Gasteiger partial charge in [0, 0.05) is 6.54 Å². The van der Waals surface area contributed by atoms with Gasteiger partial charge in [-0.2, -0.15) is 0 Å². The summed E-state index contributed by atoms with van der Waals surface area (Å²) < 4.78 is 73.5. The van der Waals surface area contributed by atoms with Gasteiger partial charge in [-0.3, -0.25) is 0 Å². The second kappa shape index (κ2) is 31.2. The molecule has 0 aromatic heterocycles. The number of carbonyl (C=O) groups is 1. The summed E-state index contributed by atoms with van der Waals surface area (Å²) in [6.45, 7) is 2.00. The molecule has 2 aliphatic heterocycles. The van der Waals surface area contributed by atoms with E-state index in [-0.39, 0.29) is 59.4 Å².